The van der Waals surface area contributed by atoms with E-state index in [9.17, 15) is 27.2 Å². The van der Waals surface area contributed by atoms with Gasteiger partial charge >= 0.3 is 12.1 Å². The molecule has 0 aromatic heterocycles. The van der Waals surface area contributed by atoms with Crippen molar-refractivity contribution >= 4 is 11.9 Å². The van der Waals surface area contributed by atoms with Crippen LogP contribution in [-0.4, -0.2) is 25.0 Å². The summed E-state index contributed by atoms with van der Waals surface area (Å²) in [6.45, 7) is 6.26. The zero-order valence-corrected chi connectivity index (χ0v) is 19.4. The van der Waals surface area contributed by atoms with Crippen LogP contribution in [0.4, 0.5) is 17.6 Å². The van der Waals surface area contributed by atoms with Crippen LogP contribution in [0, 0.1) is 11.7 Å². The molecule has 0 unspecified atom stereocenters. The summed E-state index contributed by atoms with van der Waals surface area (Å²) in [6, 6.07) is 8.87. The Kier molecular flexibility index (Phi) is 7.19. The lowest BCUT2D eigenvalue weighted by atomic mass is 9.82. The van der Waals surface area contributed by atoms with Crippen molar-refractivity contribution in [2.24, 2.45) is 5.92 Å². The number of rotatable bonds is 5. The predicted octanol–water partition coefficient (Wildman–Crippen LogP) is 5.77. The second-order valence-electron chi connectivity index (χ2n) is 9.46. The molecule has 182 valence electrons. The van der Waals surface area contributed by atoms with E-state index < -0.39 is 47.0 Å². The number of methoxy groups -OCH3 is 1. The van der Waals surface area contributed by atoms with E-state index in [1.807, 2.05) is 24.3 Å². The molecular formula is C26H27F4NO3. The molecule has 3 atom stereocenters. The van der Waals surface area contributed by atoms with E-state index in [-0.39, 0.29) is 11.3 Å². The van der Waals surface area contributed by atoms with E-state index in [0.717, 1.165) is 17.2 Å². The highest BCUT2D eigenvalue weighted by atomic mass is 19.4. The molecule has 2 aromatic carbocycles. The number of ether oxygens (including phenoxy) is 1. The number of benzene rings is 2. The van der Waals surface area contributed by atoms with Crippen LogP contribution in [0.5, 0.6) is 0 Å². The van der Waals surface area contributed by atoms with E-state index >= 15 is 0 Å². The molecule has 0 radical (unpaired) electrons. The first-order valence-electron chi connectivity index (χ1n) is 10.8. The number of nitrogens with one attached hydrogen (secondary N) is 1. The molecule has 4 nitrogen and oxygen atoms in total. The number of amides is 1. The number of hydrogen-bond donors (Lipinski definition) is 1. The van der Waals surface area contributed by atoms with Gasteiger partial charge in [0.15, 0.2) is 0 Å². The molecule has 2 aromatic rings. The fraction of sp³-hybridized carbons (Fsp3) is 0.385. The minimum Gasteiger partial charge on any atom is -0.469 e. The molecule has 1 aliphatic carbocycles. The average Bonchev–Trinajstić information content (AvgIpc) is 3.20. The highest BCUT2D eigenvalue weighted by Gasteiger charge is 2.35. The molecule has 0 spiro atoms. The largest absolute Gasteiger partial charge is 0.469 e. The molecule has 0 heterocycles. The van der Waals surface area contributed by atoms with E-state index in [4.69, 9.17) is 4.74 Å². The van der Waals surface area contributed by atoms with Crippen LogP contribution >= 0.6 is 0 Å². The van der Waals surface area contributed by atoms with Crippen molar-refractivity contribution in [3.05, 3.63) is 82.7 Å². The molecule has 34 heavy (non-hydrogen) atoms. The van der Waals surface area contributed by atoms with Crippen molar-refractivity contribution in [3.63, 3.8) is 0 Å². The van der Waals surface area contributed by atoms with Gasteiger partial charge in [-0.3, -0.25) is 9.59 Å². The van der Waals surface area contributed by atoms with Gasteiger partial charge in [0.2, 0.25) is 0 Å². The zero-order chi connectivity index (χ0) is 25.3. The van der Waals surface area contributed by atoms with Crippen LogP contribution in [0.2, 0.25) is 0 Å². The zero-order valence-electron chi connectivity index (χ0n) is 19.4. The molecule has 0 saturated heterocycles. The summed E-state index contributed by atoms with van der Waals surface area (Å²) in [5.74, 6) is -3.31. The van der Waals surface area contributed by atoms with E-state index in [0.29, 0.717) is 18.6 Å². The first kappa shape index (κ1) is 25.5. The molecule has 0 saturated carbocycles. The summed E-state index contributed by atoms with van der Waals surface area (Å²) < 4.78 is 57.6. The lowest BCUT2D eigenvalue weighted by molar-refractivity contribution is -0.143. The first-order valence-corrected chi connectivity index (χ1v) is 10.8. The third-order valence-electron chi connectivity index (χ3n) is 5.94. The van der Waals surface area contributed by atoms with Gasteiger partial charge in [0, 0.05) is 11.6 Å². The Morgan fingerprint density at radius 1 is 1.00 bits per heavy atom. The van der Waals surface area contributed by atoms with Gasteiger partial charge in [-0.15, -0.1) is 0 Å². The fourth-order valence-electron chi connectivity index (χ4n) is 4.09. The summed E-state index contributed by atoms with van der Waals surface area (Å²) >= 11 is 0. The molecule has 0 bridgehead atoms. The lowest BCUT2D eigenvalue weighted by Crippen LogP contribution is -2.34. The lowest BCUT2D eigenvalue weighted by Gasteiger charge is -2.24. The Hall–Kier alpha value is -3.16. The van der Waals surface area contributed by atoms with Gasteiger partial charge in [-0.25, -0.2) is 4.39 Å². The van der Waals surface area contributed by atoms with Crippen LogP contribution in [0.15, 0.2) is 54.6 Å². The van der Waals surface area contributed by atoms with E-state index in [1.165, 1.54) is 7.11 Å². The van der Waals surface area contributed by atoms with Crippen LogP contribution < -0.4 is 5.32 Å². The van der Waals surface area contributed by atoms with Crippen molar-refractivity contribution in [1.82, 2.24) is 5.32 Å². The van der Waals surface area contributed by atoms with Gasteiger partial charge in [-0.1, -0.05) is 57.2 Å². The standard InChI is InChI=1S/C26H27F4NO3/c1-25(2,3)18-8-5-15(6-9-18)22(24(33)34-4)16-7-10-21(13-16)31-23(32)17-11-19(26(28,29)30)14-20(27)12-17/h5-12,14,16,21-22H,13H2,1-4H3,(H,31,32)/t16-,21+,22+/m0/s1. The number of esters is 1. The highest BCUT2D eigenvalue weighted by molar-refractivity contribution is 5.94. The van der Waals surface area contributed by atoms with Crippen molar-refractivity contribution in [2.75, 3.05) is 7.11 Å². The fourth-order valence-corrected chi connectivity index (χ4v) is 4.09. The van der Waals surface area contributed by atoms with Crippen LogP contribution in [0.1, 0.15) is 60.2 Å². The molecule has 8 heteroatoms. The normalized spacial score (nSPS) is 19.1. The van der Waals surface area contributed by atoms with Crippen molar-refractivity contribution in [2.45, 2.75) is 50.7 Å². The maximum absolute atomic E-state index is 13.7. The summed E-state index contributed by atoms with van der Waals surface area (Å²) in [5.41, 5.74) is 0.167. The van der Waals surface area contributed by atoms with Gasteiger partial charge in [-0.05, 0) is 47.1 Å². The summed E-state index contributed by atoms with van der Waals surface area (Å²) in [4.78, 5) is 25.1. The van der Waals surface area contributed by atoms with Gasteiger partial charge in [0.25, 0.3) is 5.91 Å². The molecule has 1 N–H and O–H groups in total. The number of halogens is 4. The van der Waals surface area contributed by atoms with Crippen molar-refractivity contribution < 1.29 is 31.9 Å². The highest BCUT2D eigenvalue weighted by Crippen LogP contribution is 2.36. The molecule has 1 aliphatic rings. The number of hydrogen-bond acceptors (Lipinski definition) is 3. The third-order valence-corrected chi connectivity index (χ3v) is 5.94. The van der Waals surface area contributed by atoms with Gasteiger partial charge in [-0.2, -0.15) is 13.2 Å². The molecule has 0 fully saturated rings. The minimum atomic E-state index is -4.77. The summed E-state index contributed by atoms with van der Waals surface area (Å²) in [5, 5.41) is 2.61. The van der Waals surface area contributed by atoms with Gasteiger partial charge < -0.3 is 10.1 Å². The number of alkyl halides is 3. The Balaban J connectivity index is 1.75. The topological polar surface area (TPSA) is 55.4 Å². The minimum absolute atomic E-state index is 0.0508. The van der Waals surface area contributed by atoms with Crippen LogP contribution in [0.25, 0.3) is 0 Å². The molecule has 0 aliphatic heterocycles. The smallest absolute Gasteiger partial charge is 0.416 e. The Morgan fingerprint density at radius 2 is 1.65 bits per heavy atom. The second kappa shape index (κ2) is 9.60. The monoisotopic (exact) mass is 477 g/mol. The van der Waals surface area contributed by atoms with E-state index in [1.54, 1.807) is 12.2 Å². The van der Waals surface area contributed by atoms with Crippen LogP contribution in [-0.2, 0) is 21.1 Å². The Labute approximate surface area is 196 Å². The van der Waals surface area contributed by atoms with Gasteiger partial charge in [0.05, 0.1) is 18.6 Å². The number of carbonyl (C=O) groups is 2. The van der Waals surface area contributed by atoms with Crippen molar-refractivity contribution in [3.8, 4) is 0 Å². The third kappa shape index (κ3) is 5.85. The van der Waals surface area contributed by atoms with Crippen LogP contribution in [0.3, 0.4) is 0 Å². The summed E-state index contributed by atoms with van der Waals surface area (Å²) in [6.07, 6.45) is -0.956. The molecular weight excluding hydrogens is 450 g/mol. The maximum Gasteiger partial charge on any atom is 0.416 e. The molecule has 1 amide bonds. The number of carbonyl (C=O) groups excluding carboxylic acids is 2. The Bertz CT molecular complexity index is 1080. The quantitative estimate of drug-likeness (QED) is 0.338. The van der Waals surface area contributed by atoms with Crippen molar-refractivity contribution in [1.29, 1.82) is 0 Å². The average molecular weight is 477 g/mol. The second-order valence-corrected chi connectivity index (χ2v) is 9.46. The molecule has 3 rings (SSSR count). The Morgan fingerprint density at radius 3 is 2.21 bits per heavy atom. The predicted molar refractivity (Wildman–Crippen MR) is 120 cm³/mol. The first-order chi connectivity index (χ1) is 15.8. The maximum atomic E-state index is 13.7. The SMILES string of the molecule is COC(=O)[C@H](c1ccc(C(C)(C)C)cc1)[C@H]1C=C[C@@H](NC(=O)c2cc(F)cc(C(F)(F)F)c2)C1. The number of allylic oxidation sites excluding steroid dienone is 1. The van der Waals surface area contributed by atoms with E-state index in [2.05, 4.69) is 26.1 Å². The summed E-state index contributed by atoms with van der Waals surface area (Å²) in [7, 11) is 1.30. The van der Waals surface area contributed by atoms with Gasteiger partial charge in [0.1, 0.15) is 5.82 Å².